The normalized spacial score (nSPS) is 19.8. The summed E-state index contributed by atoms with van der Waals surface area (Å²) in [5.41, 5.74) is 6.21. The van der Waals surface area contributed by atoms with Gasteiger partial charge in [-0.05, 0) is 0 Å². The zero-order valence-electron chi connectivity index (χ0n) is 15.5. The van der Waals surface area contributed by atoms with Crippen molar-refractivity contribution < 1.29 is 20.4 Å². The molecule has 3 rings (SSSR count). The van der Waals surface area contributed by atoms with Crippen molar-refractivity contribution in [2.75, 3.05) is 0 Å². The van der Waals surface area contributed by atoms with Crippen molar-refractivity contribution in [3.63, 3.8) is 0 Å². The largest absolute Gasteiger partial charge is 0.147 e. The van der Waals surface area contributed by atoms with E-state index < -0.39 is 20.4 Å². The van der Waals surface area contributed by atoms with Gasteiger partial charge in [0.15, 0.2) is 0 Å². The van der Waals surface area contributed by atoms with E-state index in [0.717, 1.165) is 0 Å². The summed E-state index contributed by atoms with van der Waals surface area (Å²) < 4.78 is 3.74. The molecule has 1 aromatic carbocycles. The summed E-state index contributed by atoms with van der Waals surface area (Å²) in [6.45, 7) is 9.35. The molecule has 0 amide bonds. The topological polar surface area (TPSA) is 0 Å². The maximum atomic E-state index is 2.55. The van der Waals surface area contributed by atoms with Gasteiger partial charge in [0.05, 0.1) is 0 Å². The molecule has 0 radical (unpaired) electrons. The van der Waals surface area contributed by atoms with Gasteiger partial charge in [0.2, 0.25) is 0 Å². The van der Waals surface area contributed by atoms with Gasteiger partial charge in [-0.25, -0.2) is 0 Å². The average Bonchev–Trinajstić information content (AvgIpc) is 3.02. The van der Waals surface area contributed by atoms with Crippen molar-refractivity contribution in [3.05, 3.63) is 77.4 Å². The predicted octanol–water partition coefficient (Wildman–Crippen LogP) is 6.10. The number of halogens is 2. The zero-order chi connectivity index (χ0) is 16.4. The second kappa shape index (κ2) is 10.3. The van der Waals surface area contributed by atoms with Gasteiger partial charge in [0.1, 0.15) is 0 Å². The van der Waals surface area contributed by atoms with Gasteiger partial charge in [-0.2, -0.15) is 0 Å². The Bertz CT molecular complexity index is 770. The Balaban J connectivity index is 0.00000156. The molecule has 0 heterocycles. The molecule has 0 N–H and O–H groups in total. The molecule has 0 bridgehead atoms. The molecule has 1 atom stereocenters. The first-order chi connectivity index (χ1) is 11.0. The first-order valence-electron chi connectivity index (χ1n) is 8.56. The molecule has 134 valence electrons. The number of benzene rings is 1. The molecule has 4 heteroatoms. The van der Waals surface area contributed by atoms with E-state index in [1.54, 1.807) is 11.1 Å². The molecule has 0 spiro atoms. The van der Waals surface area contributed by atoms with E-state index >= 15 is 0 Å². The van der Waals surface area contributed by atoms with Crippen LogP contribution in [0.3, 0.4) is 0 Å². The third-order valence-electron chi connectivity index (χ3n) is 4.80. The van der Waals surface area contributed by atoms with E-state index in [-0.39, 0.29) is 24.8 Å². The van der Waals surface area contributed by atoms with Crippen LogP contribution in [0.15, 0.2) is 71.8 Å². The molecule has 25 heavy (non-hydrogen) atoms. The van der Waals surface area contributed by atoms with Crippen LogP contribution in [0.2, 0.25) is 0 Å². The fourth-order valence-electron chi connectivity index (χ4n) is 3.71. The van der Waals surface area contributed by atoms with Crippen LogP contribution in [-0.4, -0.2) is 6.16 Å². The van der Waals surface area contributed by atoms with Crippen LogP contribution in [0, 0.1) is 5.92 Å². The first kappa shape index (κ1) is 22.9. The number of rotatable bonds is 4. The molecule has 1 aromatic rings. The van der Waals surface area contributed by atoms with E-state index in [4.69, 9.17) is 0 Å². The second-order valence-corrected chi connectivity index (χ2v) is 19.1. The van der Waals surface area contributed by atoms with Gasteiger partial charge in [0, 0.05) is 0 Å². The Morgan fingerprint density at radius 3 is 2.24 bits per heavy atom. The van der Waals surface area contributed by atoms with E-state index in [0.29, 0.717) is 12.1 Å². The summed E-state index contributed by atoms with van der Waals surface area (Å²) in [5.74, 6) is 0.689. The second-order valence-electron chi connectivity index (χ2n) is 6.94. The van der Waals surface area contributed by atoms with Crippen LogP contribution in [-0.2, 0) is 26.4 Å². The van der Waals surface area contributed by atoms with Crippen LogP contribution in [0.4, 0.5) is 0 Å². The SMILES string of the molecule is CC1=CC(C)[C](/[Zr](=[SiH]\Cc2ccccc2)[C]2=C(C)C=C(C)C2)=C1.Cl.Cl. The summed E-state index contributed by atoms with van der Waals surface area (Å²) in [6, 6.07) is 12.4. The van der Waals surface area contributed by atoms with Gasteiger partial charge in [-0.3, -0.25) is 0 Å². The van der Waals surface area contributed by atoms with Crippen LogP contribution in [0.5, 0.6) is 0 Å². The Morgan fingerprint density at radius 2 is 1.72 bits per heavy atom. The maximum absolute atomic E-state index is 2.55. The van der Waals surface area contributed by atoms with Crippen molar-refractivity contribution in [2.24, 2.45) is 5.92 Å². The van der Waals surface area contributed by atoms with Crippen molar-refractivity contribution >= 4 is 31.0 Å². The van der Waals surface area contributed by atoms with Gasteiger partial charge in [-0.15, -0.1) is 24.8 Å². The fraction of sp³-hybridized carbons (Fsp3) is 0.333. The molecule has 0 aromatic heterocycles. The minimum absolute atomic E-state index is 0. The van der Waals surface area contributed by atoms with Crippen LogP contribution >= 0.6 is 24.8 Å². The fourth-order valence-corrected chi connectivity index (χ4v) is 21.3. The van der Waals surface area contributed by atoms with Gasteiger partial charge in [0.25, 0.3) is 0 Å². The standard InChI is InChI=1S/C7H8Si.2C7H9.2ClH.Zr/c8-6-7-4-2-1-3-5-7;2*1-6-3-4-7(2)5-6;;;/h1-5,8H,6H2;5H,3H2,1-2H3;3,5,7H,1-2H3;2*1H;. The third kappa shape index (κ3) is 5.67. The van der Waals surface area contributed by atoms with Crippen LogP contribution < -0.4 is 0 Å². The first-order valence-corrected chi connectivity index (χ1v) is 16.7. The molecule has 2 aliphatic rings. The molecule has 0 saturated carbocycles. The van der Waals surface area contributed by atoms with Gasteiger partial charge < -0.3 is 0 Å². The molecular formula is C21H28Cl2SiZr. The Kier molecular flexibility index (Phi) is 9.40. The summed E-state index contributed by atoms with van der Waals surface area (Å²) in [7, 11) is 0. The van der Waals surface area contributed by atoms with Crippen molar-refractivity contribution in [1.82, 2.24) is 0 Å². The van der Waals surface area contributed by atoms with Gasteiger partial charge >= 0.3 is 150 Å². The number of hydrogen-bond acceptors (Lipinski definition) is 0. The van der Waals surface area contributed by atoms with E-state index in [1.807, 2.05) is 6.56 Å². The van der Waals surface area contributed by atoms with Crippen molar-refractivity contribution in [2.45, 2.75) is 40.2 Å². The Morgan fingerprint density at radius 1 is 1.04 bits per heavy atom. The molecule has 0 aliphatic heterocycles. The molecule has 2 aliphatic carbocycles. The van der Waals surface area contributed by atoms with Crippen LogP contribution in [0.1, 0.15) is 39.7 Å². The molecule has 1 unspecified atom stereocenters. The number of allylic oxidation sites excluding steroid dienone is 8. The van der Waals surface area contributed by atoms with E-state index in [9.17, 15) is 0 Å². The summed E-state index contributed by atoms with van der Waals surface area (Å²) in [6.07, 6.45) is 9.28. The minimum atomic E-state index is -1.67. The minimum Gasteiger partial charge on any atom is -0.147 e. The number of hydrogen-bond donors (Lipinski definition) is 0. The van der Waals surface area contributed by atoms with Crippen LogP contribution in [0.25, 0.3) is 0 Å². The van der Waals surface area contributed by atoms with Gasteiger partial charge in [-0.1, -0.05) is 0 Å². The van der Waals surface area contributed by atoms with Crippen molar-refractivity contribution in [1.29, 1.82) is 0 Å². The molecular weight excluding hydrogens is 442 g/mol. The smallest absolute Gasteiger partial charge is 0.147 e. The molecule has 0 fully saturated rings. The monoisotopic (exact) mass is 468 g/mol. The summed E-state index contributed by atoms with van der Waals surface area (Å²) in [4.78, 5) is 0. The zero-order valence-corrected chi connectivity index (χ0v) is 20.7. The average molecular weight is 471 g/mol. The Labute approximate surface area is 173 Å². The molecule has 0 nitrogen and oxygen atoms in total. The molecule has 0 saturated heterocycles. The van der Waals surface area contributed by atoms with E-state index in [1.165, 1.54) is 23.6 Å². The summed E-state index contributed by atoms with van der Waals surface area (Å²) >= 11 is -1.67. The maximum Gasteiger partial charge on any atom is -0.147 e. The van der Waals surface area contributed by atoms with Crippen molar-refractivity contribution in [3.8, 4) is 0 Å². The van der Waals surface area contributed by atoms with E-state index in [2.05, 4.69) is 76.3 Å². The predicted molar refractivity (Wildman–Crippen MR) is 114 cm³/mol. The quantitative estimate of drug-likeness (QED) is 0.466. The third-order valence-corrected chi connectivity index (χ3v) is 20.4. The Hall–Kier alpha value is -0.140. The summed E-state index contributed by atoms with van der Waals surface area (Å²) in [5, 5.41) is 0.